The van der Waals surface area contributed by atoms with Crippen LogP contribution in [-0.2, 0) is 5.41 Å². The molecule has 0 unspecified atom stereocenters. The first-order valence-corrected chi connectivity index (χ1v) is 7.29. The maximum atomic E-state index is 5.86. The highest BCUT2D eigenvalue weighted by Gasteiger charge is 2.26. The van der Waals surface area contributed by atoms with Crippen molar-refractivity contribution in [3.63, 3.8) is 0 Å². The van der Waals surface area contributed by atoms with Gasteiger partial charge in [-0.15, -0.1) is 0 Å². The van der Waals surface area contributed by atoms with E-state index in [4.69, 9.17) is 4.74 Å². The first kappa shape index (κ1) is 14.4. The second kappa shape index (κ2) is 5.16. The van der Waals surface area contributed by atoms with E-state index < -0.39 is 0 Å². The van der Waals surface area contributed by atoms with E-state index in [0.29, 0.717) is 0 Å². The summed E-state index contributed by atoms with van der Waals surface area (Å²) in [6.07, 6.45) is 2.68. The predicted molar refractivity (Wildman–Crippen MR) is 80.9 cm³/mol. The van der Waals surface area contributed by atoms with E-state index in [1.807, 2.05) is 0 Å². The second-order valence-corrected chi connectivity index (χ2v) is 7.28. The van der Waals surface area contributed by atoms with E-state index in [9.17, 15) is 0 Å². The van der Waals surface area contributed by atoms with E-state index >= 15 is 0 Å². The molecule has 1 aliphatic rings. The van der Waals surface area contributed by atoms with Crippen LogP contribution >= 0.6 is 0 Å². The maximum Gasteiger partial charge on any atom is 0.120 e. The Morgan fingerprint density at radius 2 is 1.63 bits per heavy atom. The van der Waals surface area contributed by atoms with Crippen molar-refractivity contribution in [2.45, 2.75) is 64.5 Å². The van der Waals surface area contributed by atoms with Gasteiger partial charge in [-0.2, -0.15) is 0 Å². The van der Waals surface area contributed by atoms with Crippen LogP contribution in [0.2, 0.25) is 0 Å². The Kier molecular flexibility index (Phi) is 3.91. The van der Waals surface area contributed by atoms with Crippen LogP contribution in [0.5, 0.6) is 5.75 Å². The molecule has 0 spiro atoms. The molecule has 0 bridgehead atoms. The monoisotopic (exact) mass is 261 g/mol. The molecular formula is C17H27NO. The van der Waals surface area contributed by atoms with E-state index in [1.54, 1.807) is 0 Å². The molecule has 2 rings (SSSR count). The minimum Gasteiger partial charge on any atom is -0.488 e. The zero-order chi connectivity index (χ0) is 14.1. The average molecular weight is 261 g/mol. The Labute approximate surface area is 117 Å². The largest absolute Gasteiger partial charge is 0.488 e. The smallest absolute Gasteiger partial charge is 0.120 e. The zero-order valence-electron chi connectivity index (χ0n) is 12.9. The molecule has 106 valence electrons. The lowest BCUT2D eigenvalue weighted by molar-refractivity contribution is 0.131. The molecule has 0 saturated heterocycles. The van der Waals surface area contributed by atoms with Crippen LogP contribution in [0.25, 0.3) is 0 Å². The summed E-state index contributed by atoms with van der Waals surface area (Å²) in [6.45, 7) is 11.8. The van der Waals surface area contributed by atoms with E-state index in [1.165, 1.54) is 18.4 Å². The number of rotatable bonds is 5. The van der Waals surface area contributed by atoms with E-state index in [2.05, 4.69) is 64.2 Å². The summed E-state index contributed by atoms with van der Waals surface area (Å²) in [5.41, 5.74) is 1.40. The lowest BCUT2D eigenvalue weighted by atomic mass is 9.84. The van der Waals surface area contributed by atoms with Crippen molar-refractivity contribution >= 4 is 0 Å². The highest BCUT2D eigenvalue weighted by molar-refractivity contribution is 5.32. The summed E-state index contributed by atoms with van der Waals surface area (Å²) in [5, 5.41) is 3.62. The fourth-order valence-electron chi connectivity index (χ4n) is 2.12. The minimum atomic E-state index is -0.134. The van der Waals surface area contributed by atoms with Gasteiger partial charge < -0.3 is 10.1 Å². The molecule has 1 aliphatic carbocycles. The van der Waals surface area contributed by atoms with Crippen LogP contribution in [0.3, 0.4) is 0 Å². The van der Waals surface area contributed by atoms with Crippen LogP contribution in [-0.4, -0.2) is 18.2 Å². The maximum absolute atomic E-state index is 5.86. The quantitative estimate of drug-likeness (QED) is 0.868. The summed E-state index contributed by atoms with van der Waals surface area (Å²) in [4.78, 5) is 0. The minimum absolute atomic E-state index is 0.134. The van der Waals surface area contributed by atoms with Gasteiger partial charge in [0.05, 0.1) is 0 Å². The molecule has 0 aliphatic heterocycles. The average Bonchev–Trinajstić information content (AvgIpc) is 3.09. The van der Waals surface area contributed by atoms with Gasteiger partial charge in [0.15, 0.2) is 0 Å². The molecule has 1 N–H and O–H groups in total. The second-order valence-electron chi connectivity index (χ2n) is 7.28. The van der Waals surface area contributed by atoms with Gasteiger partial charge >= 0.3 is 0 Å². The Balaban J connectivity index is 1.99. The highest BCUT2D eigenvalue weighted by Crippen LogP contribution is 2.27. The van der Waals surface area contributed by atoms with Crippen molar-refractivity contribution in [2.24, 2.45) is 0 Å². The van der Waals surface area contributed by atoms with Crippen LogP contribution in [0.15, 0.2) is 24.3 Å². The fraction of sp³-hybridized carbons (Fsp3) is 0.647. The van der Waals surface area contributed by atoms with Gasteiger partial charge in [0.1, 0.15) is 11.4 Å². The van der Waals surface area contributed by atoms with Crippen molar-refractivity contribution in [1.82, 2.24) is 5.32 Å². The van der Waals surface area contributed by atoms with Gasteiger partial charge in [-0.05, 0) is 51.3 Å². The van der Waals surface area contributed by atoms with Gasteiger partial charge in [0.2, 0.25) is 0 Å². The lowest BCUT2D eigenvalue weighted by Crippen LogP contribution is -2.34. The van der Waals surface area contributed by atoms with Gasteiger partial charge in [0.25, 0.3) is 0 Å². The molecule has 0 atom stereocenters. The van der Waals surface area contributed by atoms with Gasteiger partial charge in [0, 0.05) is 18.0 Å². The third-order valence-corrected chi connectivity index (χ3v) is 3.47. The summed E-state index contributed by atoms with van der Waals surface area (Å²) in [6, 6.07) is 9.31. The summed E-state index contributed by atoms with van der Waals surface area (Å²) in [5.74, 6) is 0.946. The molecule has 1 aromatic carbocycles. The number of nitrogens with one attached hydrogen (secondary N) is 1. The lowest BCUT2D eigenvalue weighted by Gasteiger charge is -2.27. The van der Waals surface area contributed by atoms with Gasteiger partial charge in [-0.3, -0.25) is 0 Å². The van der Waals surface area contributed by atoms with Crippen molar-refractivity contribution < 1.29 is 4.74 Å². The molecule has 0 amide bonds. The number of ether oxygens (including phenoxy) is 1. The molecule has 1 aromatic rings. The van der Waals surface area contributed by atoms with Gasteiger partial charge in [-0.25, -0.2) is 0 Å². The van der Waals surface area contributed by atoms with Crippen LogP contribution < -0.4 is 10.1 Å². The molecule has 1 saturated carbocycles. The highest BCUT2D eigenvalue weighted by atomic mass is 16.5. The topological polar surface area (TPSA) is 21.3 Å². The number of benzene rings is 1. The Morgan fingerprint density at radius 1 is 1.05 bits per heavy atom. The summed E-state index contributed by atoms with van der Waals surface area (Å²) >= 11 is 0. The first-order valence-electron chi connectivity index (χ1n) is 7.29. The van der Waals surface area contributed by atoms with Gasteiger partial charge in [-0.1, -0.05) is 26.0 Å². The molecule has 0 aromatic heterocycles. The molecule has 0 radical (unpaired) electrons. The SMILES string of the molecule is CC(C)(C)Oc1ccc(C(C)(C)CNC2CC2)cc1. The predicted octanol–water partition coefficient (Wildman–Crippen LogP) is 3.89. The molecule has 1 fully saturated rings. The molecule has 2 nitrogen and oxygen atoms in total. The van der Waals surface area contributed by atoms with Crippen LogP contribution in [0, 0.1) is 0 Å². The molecule has 2 heteroatoms. The summed E-state index contributed by atoms with van der Waals surface area (Å²) in [7, 11) is 0. The van der Waals surface area contributed by atoms with Crippen LogP contribution in [0.1, 0.15) is 53.0 Å². The van der Waals surface area contributed by atoms with E-state index in [-0.39, 0.29) is 11.0 Å². The summed E-state index contributed by atoms with van der Waals surface area (Å²) < 4.78 is 5.86. The van der Waals surface area contributed by atoms with E-state index in [0.717, 1.165) is 18.3 Å². The fourth-order valence-corrected chi connectivity index (χ4v) is 2.12. The zero-order valence-corrected chi connectivity index (χ0v) is 12.9. The number of hydrogen-bond acceptors (Lipinski definition) is 2. The standard InChI is InChI=1S/C17H27NO/c1-16(2,3)19-15-10-6-13(7-11-15)17(4,5)12-18-14-8-9-14/h6-7,10-11,14,18H,8-9,12H2,1-5H3. The molecule has 19 heavy (non-hydrogen) atoms. The van der Waals surface area contributed by atoms with Crippen molar-refractivity contribution in [3.8, 4) is 5.75 Å². The normalized spacial score (nSPS) is 16.5. The third-order valence-electron chi connectivity index (χ3n) is 3.47. The third kappa shape index (κ3) is 4.54. The van der Waals surface area contributed by atoms with Crippen molar-refractivity contribution in [2.75, 3.05) is 6.54 Å². The Bertz CT molecular complexity index is 410. The molecular weight excluding hydrogens is 234 g/mol. The van der Waals surface area contributed by atoms with Crippen molar-refractivity contribution in [3.05, 3.63) is 29.8 Å². The van der Waals surface area contributed by atoms with Crippen molar-refractivity contribution in [1.29, 1.82) is 0 Å². The Hall–Kier alpha value is -1.02. The number of hydrogen-bond donors (Lipinski definition) is 1. The molecule has 0 heterocycles. The van der Waals surface area contributed by atoms with Crippen LogP contribution in [0.4, 0.5) is 0 Å². The Morgan fingerprint density at radius 3 is 2.11 bits per heavy atom. The first-order chi connectivity index (χ1) is 8.76.